The Kier molecular flexibility index (Phi) is 2.63. The minimum absolute atomic E-state index is 0.180. The number of carbonyl (C=O) groups is 1. The molecule has 0 aliphatic carbocycles. The lowest BCUT2D eigenvalue weighted by Crippen LogP contribution is -2.24. The number of halogens is 1. The number of aromatic nitrogens is 2. The molecular weight excluding hydrogens is 202 g/mol. The Hall–Kier alpha value is -1.16. The molecule has 1 aliphatic rings. The highest BCUT2D eigenvalue weighted by Gasteiger charge is 2.21. The van der Waals surface area contributed by atoms with Crippen LogP contribution in [0.5, 0.6) is 0 Å². The molecule has 14 heavy (non-hydrogen) atoms. The van der Waals surface area contributed by atoms with Crippen molar-refractivity contribution in [2.24, 2.45) is 0 Å². The monoisotopic (exact) mass is 211 g/mol. The van der Waals surface area contributed by atoms with Crippen LogP contribution in [0, 0.1) is 0 Å². The van der Waals surface area contributed by atoms with Crippen LogP contribution in [0.3, 0.4) is 0 Å². The van der Waals surface area contributed by atoms with Crippen molar-refractivity contribution in [3.05, 3.63) is 23.2 Å². The SMILES string of the molecule is O=C1CCCN1Cc1ncncc1Cl. The molecule has 0 radical (unpaired) electrons. The summed E-state index contributed by atoms with van der Waals surface area (Å²) in [5.74, 6) is 0.180. The quantitative estimate of drug-likeness (QED) is 0.740. The Balaban J connectivity index is 2.10. The maximum atomic E-state index is 11.3. The molecule has 0 aromatic carbocycles. The van der Waals surface area contributed by atoms with Crippen LogP contribution in [-0.4, -0.2) is 27.3 Å². The molecule has 74 valence electrons. The molecule has 5 heteroatoms. The summed E-state index contributed by atoms with van der Waals surface area (Å²) < 4.78 is 0. The first-order chi connectivity index (χ1) is 6.77. The van der Waals surface area contributed by atoms with Crippen molar-refractivity contribution in [1.82, 2.24) is 14.9 Å². The van der Waals surface area contributed by atoms with E-state index in [1.165, 1.54) is 6.33 Å². The fourth-order valence-electron chi connectivity index (χ4n) is 1.51. The lowest BCUT2D eigenvalue weighted by molar-refractivity contribution is -0.128. The Morgan fingerprint density at radius 1 is 1.57 bits per heavy atom. The number of hydrogen-bond acceptors (Lipinski definition) is 3. The van der Waals surface area contributed by atoms with Gasteiger partial charge in [-0.2, -0.15) is 0 Å². The topological polar surface area (TPSA) is 46.1 Å². The largest absolute Gasteiger partial charge is 0.337 e. The molecule has 1 saturated heterocycles. The van der Waals surface area contributed by atoms with E-state index < -0.39 is 0 Å². The normalized spacial score (nSPS) is 16.4. The fourth-order valence-corrected chi connectivity index (χ4v) is 1.67. The average Bonchev–Trinajstić information content (AvgIpc) is 2.56. The highest BCUT2D eigenvalue weighted by Crippen LogP contribution is 2.17. The third kappa shape index (κ3) is 1.85. The second-order valence-corrected chi connectivity index (χ2v) is 3.64. The fraction of sp³-hybridized carbons (Fsp3) is 0.444. The van der Waals surface area contributed by atoms with Gasteiger partial charge in [-0.3, -0.25) is 4.79 Å². The van der Waals surface area contributed by atoms with E-state index in [-0.39, 0.29) is 5.91 Å². The maximum Gasteiger partial charge on any atom is 0.222 e. The third-order valence-corrected chi connectivity index (χ3v) is 2.57. The van der Waals surface area contributed by atoms with Gasteiger partial charge in [0, 0.05) is 19.2 Å². The van der Waals surface area contributed by atoms with Crippen LogP contribution in [0.2, 0.25) is 5.02 Å². The Morgan fingerprint density at radius 3 is 3.07 bits per heavy atom. The predicted molar refractivity (Wildman–Crippen MR) is 51.7 cm³/mol. The Bertz CT molecular complexity index is 356. The molecule has 4 nitrogen and oxygen atoms in total. The minimum atomic E-state index is 0.180. The Labute approximate surface area is 86.9 Å². The summed E-state index contributed by atoms with van der Waals surface area (Å²) in [6, 6.07) is 0. The van der Waals surface area contributed by atoms with Gasteiger partial charge in [0.1, 0.15) is 6.33 Å². The van der Waals surface area contributed by atoms with Gasteiger partial charge in [0.2, 0.25) is 5.91 Å². The number of nitrogens with zero attached hydrogens (tertiary/aromatic N) is 3. The standard InChI is InChI=1S/C9H10ClN3O/c10-7-4-11-6-12-8(7)5-13-3-1-2-9(13)14/h4,6H,1-3,5H2. The summed E-state index contributed by atoms with van der Waals surface area (Å²) in [6.45, 7) is 1.30. The van der Waals surface area contributed by atoms with Gasteiger partial charge >= 0.3 is 0 Å². The number of hydrogen-bond donors (Lipinski definition) is 0. The highest BCUT2D eigenvalue weighted by molar-refractivity contribution is 6.31. The zero-order chi connectivity index (χ0) is 9.97. The van der Waals surface area contributed by atoms with Crippen molar-refractivity contribution in [3.63, 3.8) is 0 Å². The summed E-state index contributed by atoms with van der Waals surface area (Å²) in [6.07, 6.45) is 4.57. The molecular formula is C9H10ClN3O. The molecule has 0 saturated carbocycles. The number of likely N-dealkylation sites (tertiary alicyclic amines) is 1. The van der Waals surface area contributed by atoms with E-state index >= 15 is 0 Å². The van der Waals surface area contributed by atoms with Crippen molar-refractivity contribution >= 4 is 17.5 Å². The lowest BCUT2D eigenvalue weighted by Gasteiger charge is -2.14. The molecule has 2 rings (SSSR count). The third-order valence-electron chi connectivity index (χ3n) is 2.26. The first kappa shape index (κ1) is 9.40. The van der Waals surface area contributed by atoms with Crippen molar-refractivity contribution in [2.45, 2.75) is 19.4 Å². The average molecular weight is 212 g/mol. The molecule has 1 fully saturated rings. The summed E-state index contributed by atoms with van der Waals surface area (Å²) in [4.78, 5) is 20.9. The van der Waals surface area contributed by atoms with Gasteiger partial charge in [-0.05, 0) is 6.42 Å². The predicted octanol–water partition coefficient (Wildman–Crippen LogP) is 1.25. The van der Waals surface area contributed by atoms with Crippen molar-refractivity contribution in [2.75, 3.05) is 6.54 Å². The van der Waals surface area contributed by atoms with Crippen molar-refractivity contribution < 1.29 is 4.79 Å². The van der Waals surface area contributed by atoms with Gasteiger partial charge in [0.05, 0.1) is 17.3 Å². The number of carbonyl (C=O) groups excluding carboxylic acids is 1. The molecule has 2 heterocycles. The molecule has 0 unspecified atom stereocenters. The van der Waals surface area contributed by atoms with Gasteiger partial charge in [-0.15, -0.1) is 0 Å². The maximum absolute atomic E-state index is 11.3. The van der Waals surface area contributed by atoms with E-state index in [2.05, 4.69) is 9.97 Å². The van der Waals surface area contributed by atoms with Gasteiger partial charge in [0.15, 0.2) is 0 Å². The molecule has 0 atom stereocenters. The lowest BCUT2D eigenvalue weighted by atomic mass is 10.4. The van der Waals surface area contributed by atoms with Crippen LogP contribution in [0.4, 0.5) is 0 Å². The molecule has 0 N–H and O–H groups in total. The van der Waals surface area contributed by atoms with Crippen LogP contribution >= 0.6 is 11.6 Å². The van der Waals surface area contributed by atoms with E-state index in [1.54, 1.807) is 11.1 Å². The first-order valence-electron chi connectivity index (χ1n) is 4.49. The van der Waals surface area contributed by atoms with Gasteiger partial charge in [-0.1, -0.05) is 11.6 Å². The summed E-state index contributed by atoms with van der Waals surface area (Å²) in [7, 11) is 0. The molecule has 0 bridgehead atoms. The van der Waals surface area contributed by atoms with Gasteiger partial charge in [0.25, 0.3) is 0 Å². The van der Waals surface area contributed by atoms with Crippen molar-refractivity contribution in [1.29, 1.82) is 0 Å². The van der Waals surface area contributed by atoms with E-state index in [0.717, 1.165) is 18.7 Å². The zero-order valence-electron chi connectivity index (χ0n) is 7.61. The van der Waals surface area contributed by atoms with E-state index in [4.69, 9.17) is 11.6 Å². The summed E-state index contributed by atoms with van der Waals surface area (Å²) >= 11 is 5.89. The smallest absolute Gasteiger partial charge is 0.222 e. The van der Waals surface area contributed by atoms with Crippen LogP contribution in [0.25, 0.3) is 0 Å². The van der Waals surface area contributed by atoms with Crippen LogP contribution < -0.4 is 0 Å². The van der Waals surface area contributed by atoms with Gasteiger partial charge in [-0.25, -0.2) is 9.97 Å². The Morgan fingerprint density at radius 2 is 2.43 bits per heavy atom. The zero-order valence-corrected chi connectivity index (χ0v) is 8.37. The molecule has 1 amide bonds. The van der Waals surface area contributed by atoms with Crippen LogP contribution in [0.15, 0.2) is 12.5 Å². The van der Waals surface area contributed by atoms with E-state index in [9.17, 15) is 4.79 Å². The first-order valence-corrected chi connectivity index (χ1v) is 4.87. The second-order valence-electron chi connectivity index (χ2n) is 3.24. The second kappa shape index (κ2) is 3.92. The van der Waals surface area contributed by atoms with E-state index in [0.29, 0.717) is 18.0 Å². The molecule has 1 aromatic heterocycles. The number of rotatable bonds is 2. The van der Waals surface area contributed by atoms with Crippen molar-refractivity contribution in [3.8, 4) is 0 Å². The van der Waals surface area contributed by atoms with Crippen LogP contribution in [-0.2, 0) is 11.3 Å². The molecule has 1 aromatic rings. The van der Waals surface area contributed by atoms with Gasteiger partial charge < -0.3 is 4.90 Å². The summed E-state index contributed by atoms with van der Waals surface area (Å²) in [5, 5.41) is 0.521. The van der Waals surface area contributed by atoms with Crippen LogP contribution in [0.1, 0.15) is 18.5 Å². The van der Waals surface area contributed by atoms with E-state index in [1.807, 2.05) is 0 Å². The highest BCUT2D eigenvalue weighted by atomic mass is 35.5. The molecule has 0 spiro atoms. The minimum Gasteiger partial charge on any atom is -0.337 e. The molecule has 1 aliphatic heterocycles. The summed E-state index contributed by atoms with van der Waals surface area (Å²) in [5.41, 5.74) is 0.719. The number of amides is 1.